The predicted octanol–water partition coefficient (Wildman–Crippen LogP) is 6.38. The largest absolute Gasteiger partial charge is 0.393 e. The van der Waals surface area contributed by atoms with Crippen molar-refractivity contribution in [3.63, 3.8) is 0 Å². The van der Waals surface area contributed by atoms with Gasteiger partial charge >= 0.3 is 0 Å². The molecule has 3 saturated carbocycles. The van der Waals surface area contributed by atoms with Crippen LogP contribution in [-0.2, 0) is 4.79 Å². The standard InChI is InChI=1S/C31H38N2O2/c1-19-26(20(2)33(32-19)23-8-6-5-7-9-23)16-21-17-28-25-11-10-22-18-24(34)12-14-30(22,3)27(25)13-15-31(28,4)29(21)35/h5-10,16,24-25,27-28,34H,11-15,17-18H2,1-4H3/b21-16-. The number of rotatable bonds is 2. The van der Waals surface area contributed by atoms with E-state index in [0.29, 0.717) is 23.5 Å². The summed E-state index contributed by atoms with van der Waals surface area (Å²) in [7, 11) is 0. The zero-order valence-electron chi connectivity index (χ0n) is 21.6. The fourth-order valence-electron chi connectivity index (χ4n) is 8.30. The van der Waals surface area contributed by atoms with Gasteiger partial charge in [0.2, 0.25) is 0 Å². The molecule has 0 saturated heterocycles. The predicted molar refractivity (Wildman–Crippen MR) is 139 cm³/mol. The summed E-state index contributed by atoms with van der Waals surface area (Å²) in [6.45, 7) is 8.85. The van der Waals surface area contributed by atoms with Gasteiger partial charge in [-0.05, 0) is 106 Å². The monoisotopic (exact) mass is 470 g/mol. The number of aryl methyl sites for hydroxylation is 1. The van der Waals surface area contributed by atoms with Gasteiger partial charge in [-0.3, -0.25) is 4.79 Å². The molecule has 4 aliphatic carbocycles. The lowest BCUT2D eigenvalue weighted by molar-refractivity contribution is -0.130. The van der Waals surface area contributed by atoms with E-state index in [1.807, 2.05) is 22.9 Å². The lowest BCUT2D eigenvalue weighted by Crippen LogP contribution is -2.50. The summed E-state index contributed by atoms with van der Waals surface area (Å²) in [6, 6.07) is 10.2. The van der Waals surface area contributed by atoms with Crippen LogP contribution in [0.2, 0.25) is 0 Å². The minimum atomic E-state index is -0.250. The Hall–Kier alpha value is -2.46. The number of aliphatic hydroxyl groups excluding tert-OH is 1. The van der Waals surface area contributed by atoms with Crippen LogP contribution in [0.4, 0.5) is 0 Å². The van der Waals surface area contributed by atoms with Crippen LogP contribution in [-0.4, -0.2) is 26.8 Å². The Morgan fingerprint density at radius 3 is 2.54 bits per heavy atom. The number of carbonyl (C=O) groups excluding carboxylic acids is 1. The Morgan fingerprint density at radius 1 is 1.03 bits per heavy atom. The third-order valence-electron chi connectivity index (χ3n) is 10.4. The molecule has 1 heterocycles. The second kappa shape index (κ2) is 8.03. The number of nitrogens with zero attached hydrogens (tertiary/aromatic N) is 2. The second-order valence-electron chi connectivity index (χ2n) is 12.1. The van der Waals surface area contributed by atoms with Crippen LogP contribution >= 0.6 is 0 Å². The molecule has 0 aliphatic heterocycles. The first-order chi connectivity index (χ1) is 16.7. The van der Waals surface area contributed by atoms with Gasteiger partial charge in [-0.15, -0.1) is 0 Å². The van der Waals surface area contributed by atoms with Crippen LogP contribution in [0.25, 0.3) is 11.8 Å². The summed E-state index contributed by atoms with van der Waals surface area (Å²) in [5, 5.41) is 15.1. The Morgan fingerprint density at radius 2 is 1.77 bits per heavy atom. The van der Waals surface area contributed by atoms with Crippen molar-refractivity contribution in [1.29, 1.82) is 0 Å². The summed E-state index contributed by atoms with van der Waals surface area (Å²) < 4.78 is 2.00. The van der Waals surface area contributed by atoms with Crippen molar-refractivity contribution >= 4 is 11.9 Å². The summed E-state index contributed by atoms with van der Waals surface area (Å²) in [5.41, 5.74) is 6.64. The molecule has 4 nitrogen and oxygen atoms in total. The van der Waals surface area contributed by atoms with Crippen molar-refractivity contribution in [3.05, 3.63) is 64.5 Å². The van der Waals surface area contributed by atoms with Gasteiger partial charge < -0.3 is 5.11 Å². The van der Waals surface area contributed by atoms with Gasteiger partial charge in [0, 0.05) is 16.7 Å². The molecule has 6 rings (SSSR count). The van der Waals surface area contributed by atoms with Crippen molar-refractivity contribution in [1.82, 2.24) is 9.78 Å². The highest BCUT2D eigenvalue weighted by atomic mass is 16.3. The van der Waals surface area contributed by atoms with Crippen molar-refractivity contribution in [2.24, 2.45) is 28.6 Å². The minimum absolute atomic E-state index is 0.175. The molecule has 1 aromatic carbocycles. The number of benzene rings is 1. The number of fused-ring (bicyclic) bond motifs is 5. The summed E-state index contributed by atoms with van der Waals surface area (Å²) in [6.07, 6.45) is 11.3. The highest BCUT2D eigenvalue weighted by molar-refractivity contribution is 6.06. The fourth-order valence-corrected chi connectivity index (χ4v) is 8.30. The first-order valence-corrected chi connectivity index (χ1v) is 13.5. The molecule has 0 amide bonds. The van der Waals surface area contributed by atoms with E-state index in [-0.39, 0.29) is 16.9 Å². The van der Waals surface area contributed by atoms with E-state index < -0.39 is 0 Å². The molecule has 1 aromatic heterocycles. The number of aliphatic hydroxyl groups is 1. The number of carbonyl (C=O) groups is 1. The van der Waals surface area contributed by atoms with E-state index in [1.165, 1.54) is 5.57 Å². The molecule has 184 valence electrons. The van der Waals surface area contributed by atoms with Crippen LogP contribution < -0.4 is 0 Å². The molecule has 4 aliphatic rings. The Labute approximate surface area is 209 Å². The molecule has 1 N–H and O–H groups in total. The van der Waals surface area contributed by atoms with Crippen LogP contribution in [0.15, 0.2) is 47.6 Å². The number of hydrogen-bond donors (Lipinski definition) is 1. The maximum atomic E-state index is 13.9. The second-order valence-corrected chi connectivity index (χ2v) is 12.1. The molecule has 0 spiro atoms. The van der Waals surface area contributed by atoms with E-state index in [4.69, 9.17) is 5.10 Å². The molecule has 6 atom stereocenters. The van der Waals surface area contributed by atoms with Crippen LogP contribution in [0, 0.1) is 42.4 Å². The number of allylic oxidation sites excluding steroid dienone is 2. The summed E-state index contributed by atoms with van der Waals surface area (Å²) in [4.78, 5) is 13.9. The smallest absolute Gasteiger partial charge is 0.165 e. The maximum absolute atomic E-state index is 13.9. The normalized spacial score (nSPS) is 37.6. The van der Waals surface area contributed by atoms with Gasteiger partial charge in [0.05, 0.1) is 17.5 Å². The van der Waals surface area contributed by atoms with Gasteiger partial charge in [0.1, 0.15) is 0 Å². The van der Waals surface area contributed by atoms with E-state index in [0.717, 1.165) is 73.2 Å². The Bertz CT molecular complexity index is 1240. The summed E-state index contributed by atoms with van der Waals surface area (Å²) >= 11 is 0. The zero-order chi connectivity index (χ0) is 24.5. The van der Waals surface area contributed by atoms with Crippen molar-refractivity contribution in [3.8, 4) is 5.69 Å². The van der Waals surface area contributed by atoms with Crippen molar-refractivity contribution in [2.75, 3.05) is 0 Å². The summed E-state index contributed by atoms with van der Waals surface area (Å²) in [5.74, 6) is 1.96. The molecule has 3 fully saturated rings. The molecule has 4 heteroatoms. The number of Topliss-reactive ketones (excluding diaryl/α,β-unsaturated/α-hetero) is 1. The first kappa shape index (κ1) is 23.0. The quantitative estimate of drug-likeness (QED) is 0.409. The first-order valence-electron chi connectivity index (χ1n) is 13.5. The molecule has 35 heavy (non-hydrogen) atoms. The fraction of sp³-hybridized carbons (Fsp3) is 0.548. The van der Waals surface area contributed by atoms with Crippen LogP contribution in [0.5, 0.6) is 0 Å². The number of ketones is 1. The van der Waals surface area contributed by atoms with Gasteiger partial charge in [-0.2, -0.15) is 5.10 Å². The number of para-hydroxylation sites is 1. The lowest BCUT2D eigenvalue weighted by Gasteiger charge is -2.56. The SMILES string of the molecule is Cc1nn(-c2ccccc2)c(C)c1/C=C1/CC2C3CC=C4CC(O)CCC4(C)C3CCC2(C)C1=O. The third-order valence-corrected chi connectivity index (χ3v) is 10.4. The average molecular weight is 471 g/mol. The van der Waals surface area contributed by atoms with Crippen molar-refractivity contribution < 1.29 is 9.90 Å². The lowest BCUT2D eigenvalue weighted by atomic mass is 9.48. The Balaban J connectivity index is 1.34. The van der Waals surface area contributed by atoms with E-state index >= 15 is 0 Å². The van der Waals surface area contributed by atoms with E-state index in [1.54, 1.807) is 0 Å². The molecular weight excluding hydrogens is 432 g/mol. The highest BCUT2D eigenvalue weighted by Gasteiger charge is 2.59. The molecule has 6 unspecified atom stereocenters. The topological polar surface area (TPSA) is 55.1 Å². The van der Waals surface area contributed by atoms with Gasteiger partial charge in [0.25, 0.3) is 0 Å². The van der Waals surface area contributed by atoms with Crippen LogP contribution in [0.3, 0.4) is 0 Å². The van der Waals surface area contributed by atoms with Gasteiger partial charge in [-0.1, -0.05) is 43.7 Å². The molecule has 2 aromatic rings. The molecule has 0 radical (unpaired) electrons. The highest BCUT2D eigenvalue weighted by Crippen LogP contribution is 2.64. The number of hydrogen-bond acceptors (Lipinski definition) is 3. The average Bonchev–Trinajstić information content (AvgIpc) is 3.28. The van der Waals surface area contributed by atoms with E-state index in [9.17, 15) is 9.90 Å². The van der Waals surface area contributed by atoms with Crippen LogP contribution in [0.1, 0.15) is 75.7 Å². The zero-order valence-corrected chi connectivity index (χ0v) is 21.6. The Kier molecular flexibility index (Phi) is 5.27. The molecular formula is C31H38N2O2. The van der Waals surface area contributed by atoms with Gasteiger partial charge in [0.15, 0.2) is 5.78 Å². The minimum Gasteiger partial charge on any atom is -0.393 e. The maximum Gasteiger partial charge on any atom is 0.165 e. The van der Waals surface area contributed by atoms with E-state index in [2.05, 4.69) is 52.0 Å². The third kappa shape index (κ3) is 3.36. The van der Waals surface area contributed by atoms with Gasteiger partial charge in [-0.25, -0.2) is 4.68 Å². The van der Waals surface area contributed by atoms with Crippen molar-refractivity contribution in [2.45, 2.75) is 78.7 Å². The number of aromatic nitrogens is 2. The molecule has 0 bridgehead atoms.